The van der Waals surface area contributed by atoms with Gasteiger partial charge < -0.3 is 10.4 Å². The van der Waals surface area contributed by atoms with Gasteiger partial charge in [0.15, 0.2) is 0 Å². The Balaban J connectivity index is 1.47. The van der Waals surface area contributed by atoms with E-state index >= 15 is 0 Å². The maximum absolute atomic E-state index is 13.2. The molecule has 2 saturated carbocycles. The van der Waals surface area contributed by atoms with Crippen LogP contribution in [-0.2, 0) is 0 Å². The van der Waals surface area contributed by atoms with E-state index in [1.165, 1.54) is 12.5 Å². The summed E-state index contributed by atoms with van der Waals surface area (Å²) in [5, 5.41) is 13.3. The summed E-state index contributed by atoms with van der Waals surface area (Å²) in [5.74, 6) is 0.367. The summed E-state index contributed by atoms with van der Waals surface area (Å²) in [4.78, 5) is 0. The molecule has 2 aliphatic carbocycles. The molecule has 104 valence electrons. The summed E-state index contributed by atoms with van der Waals surface area (Å²) in [6.45, 7) is 0. The van der Waals surface area contributed by atoms with E-state index in [0.717, 1.165) is 37.7 Å². The number of hydrogen-bond acceptors (Lipinski definition) is 2. The minimum absolute atomic E-state index is 0.120. The van der Waals surface area contributed by atoms with Gasteiger partial charge in [-0.2, -0.15) is 0 Å². The fraction of sp³-hybridized carbons (Fsp3) is 0.625. The second-order valence-corrected chi connectivity index (χ2v) is 6.10. The quantitative estimate of drug-likeness (QED) is 0.878. The zero-order chi connectivity index (χ0) is 13.2. The standard InChI is InChI=1S/C16H22FNO/c17-13-4-1-3-11(7-13)12-8-15(9-12)18-14-5-2-6-16(19)10-14/h1,3-4,7,12,14-16,18-19H,2,5-6,8-10H2. The predicted molar refractivity (Wildman–Crippen MR) is 73.6 cm³/mol. The van der Waals surface area contributed by atoms with Crippen molar-refractivity contribution in [1.29, 1.82) is 0 Å². The van der Waals surface area contributed by atoms with Crippen molar-refractivity contribution in [3.05, 3.63) is 35.6 Å². The zero-order valence-electron chi connectivity index (χ0n) is 11.2. The van der Waals surface area contributed by atoms with Crippen molar-refractivity contribution in [3.63, 3.8) is 0 Å². The third-order valence-electron chi connectivity index (χ3n) is 4.58. The van der Waals surface area contributed by atoms with Crippen LogP contribution >= 0.6 is 0 Å². The van der Waals surface area contributed by atoms with Crippen LogP contribution in [0, 0.1) is 5.82 Å². The van der Waals surface area contributed by atoms with E-state index in [-0.39, 0.29) is 11.9 Å². The van der Waals surface area contributed by atoms with Crippen LogP contribution in [0.3, 0.4) is 0 Å². The molecule has 0 bridgehead atoms. The third-order valence-corrected chi connectivity index (χ3v) is 4.58. The van der Waals surface area contributed by atoms with Gasteiger partial charge in [0.1, 0.15) is 5.82 Å². The molecule has 0 aliphatic heterocycles. The van der Waals surface area contributed by atoms with Gasteiger partial charge in [-0.1, -0.05) is 12.1 Å². The predicted octanol–water partition coefficient (Wildman–Crippen LogP) is 2.96. The lowest BCUT2D eigenvalue weighted by Crippen LogP contribution is -2.47. The highest BCUT2D eigenvalue weighted by Gasteiger charge is 2.32. The molecule has 0 heterocycles. The van der Waals surface area contributed by atoms with Crippen molar-refractivity contribution in [2.45, 2.75) is 62.6 Å². The molecule has 0 saturated heterocycles. The van der Waals surface area contributed by atoms with E-state index in [1.807, 2.05) is 6.07 Å². The number of halogens is 1. The molecule has 0 amide bonds. The average Bonchev–Trinajstić information content (AvgIpc) is 2.33. The Morgan fingerprint density at radius 3 is 2.68 bits per heavy atom. The normalized spacial score (nSPS) is 34.8. The lowest BCUT2D eigenvalue weighted by molar-refractivity contribution is 0.102. The SMILES string of the molecule is OC1CCCC(NC2CC(c3cccc(F)c3)C2)C1. The largest absolute Gasteiger partial charge is 0.393 e. The Morgan fingerprint density at radius 1 is 1.11 bits per heavy atom. The number of hydrogen-bond donors (Lipinski definition) is 2. The summed E-state index contributed by atoms with van der Waals surface area (Å²) in [7, 11) is 0. The molecular formula is C16H22FNO. The Kier molecular flexibility index (Phi) is 3.85. The molecule has 0 radical (unpaired) electrons. The van der Waals surface area contributed by atoms with E-state index in [9.17, 15) is 9.50 Å². The van der Waals surface area contributed by atoms with Crippen LogP contribution < -0.4 is 5.32 Å². The Hall–Kier alpha value is -0.930. The Morgan fingerprint density at radius 2 is 1.95 bits per heavy atom. The highest BCUT2D eigenvalue weighted by molar-refractivity contribution is 5.23. The first-order valence-electron chi connectivity index (χ1n) is 7.40. The lowest BCUT2D eigenvalue weighted by Gasteiger charge is -2.40. The monoisotopic (exact) mass is 263 g/mol. The van der Waals surface area contributed by atoms with Gasteiger partial charge in [0.25, 0.3) is 0 Å². The van der Waals surface area contributed by atoms with Crippen molar-refractivity contribution in [2.75, 3.05) is 0 Å². The molecule has 19 heavy (non-hydrogen) atoms. The van der Waals surface area contributed by atoms with Gasteiger partial charge in [0.2, 0.25) is 0 Å². The highest BCUT2D eigenvalue weighted by Crippen LogP contribution is 2.37. The maximum atomic E-state index is 13.2. The van der Waals surface area contributed by atoms with Crippen molar-refractivity contribution in [1.82, 2.24) is 5.32 Å². The molecule has 2 unspecified atom stereocenters. The van der Waals surface area contributed by atoms with Crippen LogP contribution in [0.25, 0.3) is 0 Å². The van der Waals surface area contributed by atoms with E-state index < -0.39 is 0 Å². The Bertz CT molecular complexity index is 431. The van der Waals surface area contributed by atoms with Crippen LogP contribution in [0.15, 0.2) is 24.3 Å². The van der Waals surface area contributed by atoms with Crippen molar-refractivity contribution in [3.8, 4) is 0 Å². The van der Waals surface area contributed by atoms with Gasteiger partial charge in [0, 0.05) is 12.1 Å². The fourth-order valence-electron chi connectivity index (χ4n) is 3.44. The second kappa shape index (κ2) is 5.59. The minimum Gasteiger partial charge on any atom is -0.393 e. The van der Waals surface area contributed by atoms with Crippen LogP contribution in [-0.4, -0.2) is 23.3 Å². The molecule has 1 aromatic carbocycles. The average molecular weight is 263 g/mol. The number of rotatable bonds is 3. The molecule has 3 heteroatoms. The third kappa shape index (κ3) is 3.15. The van der Waals surface area contributed by atoms with Crippen LogP contribution in [0.5, 0.6) is 0 Å². The first-order chi connectivity index (χ1) is 9.20. The van der Waals surface area contributed by atoms with E-state index in [4.69, 9.17) is 0 Å². The molecular weight excluding hydrogens is 241 g/mol. The number of benzene rings is 1. The fourth-order valence-corrected chi connectivity index (χ4v) is 3.44. The van der Waals surface area contributed by atoms with Gasteiger partial charge in [-0.25, -0.2) is 4.39 Å². The van der Waals surface area contributed by atoms with Crippen LogP contribution in [0.4, 0.5) is 4.39 Å². The number of aliphatic hydroxyl groups is 1. The summed E-state index contributed by atoms with van der Waals surface area (Å²) in [6, 6.07) is 8.00. The van der Waals surface area contributed by atoms with Gasteiger partial charge in [-0.15, -0.1) is 0 Å². The molecule has 2 atom stereocenters. The van der Waals surface area contributed by atoms with Crippen molar-refractivity contribution in [2.24, 2.45) is 0 Å². The summed E-state index contributed by atoms with van der Waals surface area (Å²) >= 11 is 0. The lowest BCUT2D eigenvalue weighted by atomic mass is 9.75. The van der Waals surface area contributed by atoms with Crippen LogP contribution in [0.2, 0.25) is 0 Å². The maximum Gasteiger partial charge on any atom is 0.123 e. The van der Waals surface area contributed by atoms with Crippen molar-refractivity contribution >= 4 is 0 Å². The number of nitrogens with one attached hydrogen (secondary N) is 1. The first kappa shape index (κ1) is 13.1. The van der Waals surface area contributed by atoms with Gasteiger partial charge in [-0.3, -0.25) is 0 Å². The van der Waals surface area contributed by atoms with Gasteiger partial charge in [0.05, 0.1) is 6.10 Å². The summed E-state index contributed by atoms with van der Waals surface area (Å²) < 4.78 is 13.2. The molecule has 2 aliphatic rings. The van der Waals surface area contributed by atoms with Crippen molar-refractivity contribution < 1.29 is 9.50 Å². The van der Waals surface area contributed by atoms with E-state index in [1.54, 1.807) is 12.1 Å². The second-order valence-electron chi connectivity index (χ2n) is 6.10. The molecule has 1 aromatic rings. The molecule has 0 spiro atoms. The van der Waals surface area contributed by atoms with E-state index in [2.05, 4.69) is 5.32 Å². The minimum atomic E-state index is -0.135. The Labute approximate surface area is 114 Å². The van der Waals surface area contributed by atoms with E-state index in [0.29, 0.717) is 18.0 Å². The smallest absolute Gasteiger partial charge is 0.123 e. The molecule has 2 N–H and O–H groups in total. The molecule has 2 nitrogen and oxygen atoms in total. The zero-order valence-corrected chi connectivity index (χ0v) is 11.2. The summed E-state index contributed by atoms with van der Waals surface area (Å²) in [5.41, 5.74) is 1.13. The number of aliphatic hydroxyl groups excluding tert-OH is 1. The van der Waals surface area contributed by atoms with Gasteiger partial charge >= 0.3 is 0 Å². The summed E-state index contributed by atoms with van der Waals surface area (Å²) in [6.07, 6.45) is 6.21. The topological polar surface area (TPSA) is 32.3 Å². The molecule has 3 rings (SSSR count). The molecule has 2 fully saturated rings. The van der Waals surface area contributed by atoms with Gasteiger partial charge in [-0.05, 0) is 62.1 Å². The van der Waals surface area contributed by atoms with Crippen LogP contribution in [0.1, 0.15) is 50.0 Å². The highest BCUT2D eigenvalue weighted by atomic mass is 19.1. The molecule has 0 aromatic heterocycles. The first-order valence-corrected chi connectivity index (χ1v) is 7.40.